The number of hydrogen-bond donors (Lipinski definition) is 0. The van der Waals surface area contributed by atoms with Gasteiger partial charge in [-0.15, -0.1) is 0 Å². The van der Waals surface area contributed by atoms with E-state index in [1.165, 1.54) is 11.1 Å². The van der Waals surface area contributed by atoms with Gasteiger partial charge >= 0.3 is 0 Å². The van der Waals surface area contributed by atoms with Crippen molar-refractivity contribution in [3.63, 3.8) is 0 Å². The molecule has 0 N–H and O–H groups in total. The topological polar surface area (TPSA) is 12.9 Å². The summed E-state index contributed by atoms with van der Waals surface area (Å²) in [6.07, 6.45) is 0.992. The molecule has 0 saturated heterocycles. The molecule has 0 unspecified atom stereocenters. The largest absolute Gasteiger partial charge is 0.258 e. The van der Waals surface area contributed by atoms with Crippen LogP contribution in [-0.2, 0) is 0 Å². The van der Waals surface area contributed by atoms with Crippen LogP contribution < -0.4 is 0 Å². The molecule has 1 aromatic rings. The summed E-state index contributed by atoms with van der Waals surface area (Å²) in [4.78, 5) is 4.38. The molecule has 0 bridgehead atoms. The number of allylic oxidation sites excluding steroid dienone is 1. The van der Waals surface area contributed by atoms with Crippen molar-refractivity contribution in [2.45, 2.75) is 27.2 Å². The highest BCUT2D eigenvalue weighted by molar-refractivity contribution is 5.64. The molecule has 0 atom stereocenters. The summed E-state index contributed by atoms with van der Waals surface area (Å²) in [6, 6.07) is 4.13. The van der Waals surface area contributed by atoms with Crippen molar-refractivity contribution in [2.75, 3.05) is 0 Å². The number of hydrogen-bond acceptors (Lipinski definition) is 1. The maximum Gasteiger partial charge on any atom is 0.0450 e. The first-order chi connectivity index (χ1) is 5.65. The summed E-state index contributed by atoms with van der Waals surface area (Å²) in [6.45, 7) is 10.1. The zero-order valence-electron chi connectivity index (χ0n) is 8.02. The average molecular weight is 161 g/mol. The lowest BCUT2D eigenvalue weighted by atomic mass is 10.0. The third kappa shape index (κ3) is 1.73. The Kier molecular flexibility index (Phi) is 2.64. The van der Waals surface area contributed by atoms with E-state index in [0.717, 1.165) is 17.8 Å². The van der Waals surface area contributed by atoms with Gasteiger partial charge in [0, 0.05) is 11.4 Å². The summed E-state index contributed by atoms with van der Waals surface area (Å²) < 4.78 is 0. The van der Waals surface area contributed by atoms with E-state index >= 15 is 0 Å². The molecular weight excluding hydrogens is 146 g/mol. The molecule has 1 heteroatoms. The number of pyridine rings is 1. The monoisotopic (exact) mass is 161 g/mol. The van der Waals surface area contributed by atoms with Crippen LogP contribution in [0.5, 0.6) is 0 Å². The first-order valence-electron chi connectivity index (χ1n) is 4.27. The number of aryl methyl sites for hydroxylation is 2. The fraction of sp³-hybridized carbons (Fsp3) is 0.364. The molecule has 1 nitrogen and oxygen atoms in total. The van der Waals surface area contributed by atoms with E-state index in [0.29, 0.717) is 0 Å². The SMILES string of the molecule is C=C(CC)c1ccc(C)nc1C. The van der Waals surface area contributed by atoms with Crippen LogP contribution in [0.4, 0.5) is 0 Å². The Labute approximate surface area is 74.2 Å². The Hall–Kier alpha value is -1.11. The second-order valence-corrected chi connectivity index (χ2v) is 3.04. The van der Waals surface area contributed by atoms with E-state index in [9.17, 15) is 0 Å². The van der Waals surface area contributed by atoms with Gasteiger partial charge < -0.3 is 0 Å². The maximum atomic E-state index is 4.38. The van der Waals surface area contributed by atoms with Gasteiger partial charge in [0.2, 0.25) is 0 Å². The van der Waals surface area contributed by atoms with Gasteiger partial charge in [-0.2, -0.15) is 0 Å². The molecular formula is C11H15N. The lowest BCUT2D eigenvalue weighted by Crippen LogP contribution is -1.92. The minimum Gasteiger partial charge on any atom is -0.258 e. The zero-order chi connectivity index (χ0) is 9.14. The quantitative estimate of drug-likeness (QED) is 0.649. The van der Waals surface area contributed by atoms with Crippen LogP contribution in [0.3, 0.4) is 0 Å². The van der Waals surface area contributed by atoms with E-state index < -0.39 is 0 Å². The Balaban J connectivity index is 3.09. The molecule has 0 aromatic carbocycles. The smallest absolute Gasteiger partial charge is 0.0450 e. The van der Waals surface area contributed by atoms with Crippen LogP contribution in [0.2, 0.25) is 0 Å². The zero-order valence-corrected chi connectivity index (χ0v) is 8.02. The van der Waals surface area contributed by atoms with Crippen molar-refractivity contribution in [1.82, 2.24) is 4.98 Å². The van der Waals surface area contributed by atoms with Crippen molar-refractivity contribution in [3.8, 4) is 0 Å². The van der Waals surface area contributed by atoms with Crippen molar-refractivity contribution < 1.29 is 0 Å². The van der Waals surface area contributed by atoms with E-state index in [2.05, 4.69) is 24.6 Å². The van der Waals surface area contributed by atoms with Gasteiger partial charge in [0.15, 0.2) is 0 Å². The minimum atomic E-state index is 0.992. The predicted molar refractivity (Wildman–Crippen MR) is 53.0 cm³/mol. The first kappa shape index (κ1) is 8.98. The van der Waals surface area contributed by atoms with Crippen LogP contribution in [0.25, 0.3) is 5.57 Å². The molecule has 0 aliphatic carbocycles. The predicted octanol–water partition coefficient (Wildman–Crippen LogP) is 3.12. The fourth-order valence-corrected chi connectivity index (χ4v) is 1.25. The highest BCUT2D eigenvalue weighted by Gasteiger charge is 2.01. The summed E-state index contributed by atoms with van der Waals surface area (Å²) in [7, 11) is 0. The summed E-state index contributed by atoms with van der Waals surface area (Å²) >= 11 is 0. The molecule has 0 aliphatic heterocycles. The molecule has 0 spiro atoms. The van der Waals surface area contributed by atoms with Gasteiger partial charge in [-0.1, -0.05) is 19.6 Å². The molecule has 0 radical (unpaired) electrons. The molecule has 64 valence electrons. The average Bonchev–Trinajstić information content (AvgIpc) is 2.03. The molecule has 0 amide bonds. The minimum absolute atomic E-state index is 0.992. The molecule has 1 rings (SSSR count). The van der Waals surface area contributed by atoms with Crippen LogP contribution in [-0.4, -0.2) is 4.98 Å². The second kappa shape index (κ2) is 3.53. The van der Waals surface area contributed by atoms with Gasteiger partial charge in [0.05, 0.1) is 0 Å². The van der Waals surface area contributed by atoms with Crippen LogP contribution in [0.15, 0.2) is 18.7 Å². The third-order valence-corrected chi connectivity index (χ3v) is 2.03. The van der Waals surface area contributed by atoms with Crippen LogP contribution >= 0.6 is 0 Å². The lowest BCUT2D eigenvalue weighted by Gasteiger charge is -2.06. The molecule has 1 aromatic heterocycles. The van der Waals surface area contributed by atoms with Crippen molar-refractivity contribution in [1.29, 1.82) is 0 Å². The van der Waals surface area contributed by atoms with E-state index in [4.69, 9.17) is 0 Å². The maximum absolute atomic E-state index is 4.38. The van der Waals surface area contributed by atoms with Crippen molar-refractivity contribution in [3.05, 3.63) is 35.7 Å². The van der Waals surface area contributed by atoms with E-state index in [1.54, 1.807) is 0 Å². The Bertz CT molecular complexity index is 300. The summed E-state index contributed by atoms with van der Waals surface area (Å²) in [5.41, 5.74) is 4.52. The standard InChI is InChI=1S/C11H15N/c1-5-8(2)11-7-6-9(3)12-10(11)4/h6-7H,2,5H2,1,3-4H3. The lowest BCUT2D eigenvalue weighted by molar-refractivity contribution is 1.10. The van der Waals surface area contributed by atoms with E-state index in [-0.39, 0.29) is 0 Å². The second-order valence-electron chi connectivity index (χ2n) is 3.04. The van der Waals surface area contributed by atoms with Crippen LogP contribution in [0, 0.1) is 13.8 Å². The molecule has 0 fully saturated rings. The fourth-order valence-electron chi connectivity index (χ4n) is 1.25. The van der Waals surface area contributed by atoms with Crippen molar-refractivity contribution in [2.24, 2.45) is 0 Å². The number of rotatable bonds is 2. The Morgan fingerprint density at radius 2 is 2.08 bits per heavy atom. The molecule has 1 heterocycles. The van der Waals surface area contributed by atoms with Gasteiger partial charge in [-0.25, -0.2) is 0 Å². The Morgan fingerprint density at radius 1 is 1.42 bits per heavy atom. The summed E-state index contributed by atoms with van der Waals surface area (Å²) in [5, 5.41) is 0. The van der Waals surface area contributed by atoms with E-state index in [1.807, 2.05) is 19.9 Å². The third-order valence-electron chi connectivity index (χ3n) is 2.03. The normalized spacial score (nSPS) is 9.92. The van der Waals surface area contributed by atoms with Gasteiger partial charge in [0.25, 0.3) is 0 Å². The van der Waals surface area contributed by atoms with Gasteiger partial charge in [-0.05, 0) is 37.5 Å². The van der Waals surface area contributed by atoms with Crippen molar-refractivity contribution >= 4 is 5.57 Å². The molecule has 0 saturated carbocycles. The van der Waals surface area contributed by atoms with Gasteiger partial charge in [-0.3, -0.25) is 4.98 Å². The first-order valence-corrected chi connectivity index (χ1v) is 4.27. The summed E-state index contributed by atoms with van der Waals surface area (Å²) in [5.74, 6) is 0. The number of aromatic nitrogens is 1. The molecule has 0 aliphatic rings. The Morgan fingerprint density at radius 3 is 2.58 bits per heavy atom. The highest BCUT2D eigenvalue weighted by atomic mass is 14.7. The van der Waals surface area contributed by atoms with Gasteiger partial charge in [0.1, 0.15) is 0 Å². The number of nitrogens with zero attached hydrogens (tertiary/aromatic N) is 1. The highest BCUT2D eigenvalue weighted by Crippen LogP contribution is 2.18. The molecule has 12 heavy (non-hydrogen) atoms. The van der Waals surface area contributed by atoms with Crippen LogP contribution in [0.1, 0.15) is 30.3 Å².